The topological polar surface area (TPSA) is 62.4 Å². The number of nitrogens with zero attached hydrogens (tertiary/aromatic N) is 3. The molecule has 5 nitrogen and oxygen atoms in total. The summed E-state index contributed by atoms with van der Waals surface area (Å²) in [5, 5.41) is 12.6. The standard InChI is InChI=1S/C8H13N3O2/c12-4-3-11(7-1-2-7)5-8-9-6-13-10-8/h6-7,12H,1-5H2. The van der Waals surface area contributed by atoms with Crippen molar-refractivity contribution in [3.05, 3.63) is 12.2 Å². The van der Waals surface area contributed by atoms with Gasteiger partial charge in [-0.3, -0.25) is 4.90 Å². The maximum absolute atomic E-state index is 8.84. The second kappa shape index (κ2) is 3.85. The molecule has 1 aliphatic rings. The first-order valence-corrected chi connectivity index (χ1v) is 4.50. The normalized spacial score (nSPS) is 16.8. The zero-order valence-corrected chi connectivity index (χ0v) is 7.39. The maximum atomic E-state index is 8.84. The molecular formula is C8H13N3O2. The smallest absolute Gasteiger partial charge is 0.213 e. The van der Waals surface area contributed by atoms with Crippen LogP contribution in [-0.4, -0.2) is 39.3 Å². The average Bonchev–Trinajstić information content (AvgIpc) is 2.85. The zero-order valence-electron chi connectivity index (χ0n) is 7.39. The number of hydrogen-bond acceptors (Lipinski definition) is 5. The summed E-state index contributed by atoms with van der Waals surface area (Å²) in [6, 6.07) is 0.616. The van der Waals surface area contributed by atoms with Crippen LogP contribution in [0.3, 0.4) is 0 Å². The molecule has 0 aliphatic heterocycles. The predicted molar refractivity (Wildman–Crippen MR) is 44.8 cm³/mol. The molecule has 0 amide bonds. The van der Waals surface area contributed by atoms with Gasteiger partial charge in [0.15, 0.2) is 5.82 Å². The Kier molecular flexibility index (Phi) is 2.56. The first kappa shape index (κ1) is 8.65. The molecule has 5 heteroatoms. The Labute approximate surface area is 76.4 Å². The summed E-state index contributed by atoms with van der Waals surface area (Å²) in [6.45, 7) is 1.56. The first-order valence-electron chi connectivity index (χ1n) is 4.50. The van der Waals surface area contributed by atoms with Crippen molar-refractivity contribution < 1.29 is 9.63 Å². The van der Waals surface area contributed by atoms with Crippen molar-refractivity contribution in [3.8, 4) is 0 Å². The summed E-state index contributed by atoms with van der Waals surface area (Å²) in [5.74, 6) is 0.695. The second-order valence-corrected chi connectivity index (χ2v) is 3.27. The SMILES string of the molecule is OCCN(Cc1ncon1)C1CC1. The minimum absolute atomic E-state index is 0.189. The third kappa shape index (κ3) is 2.26. The van der Waals surface area contributed by atoms with Crippen LogP contribution in [0.2, 0.25) is 0 Å². The van der Waals surface area contributed by atoms with Crippen molar-refractivity contribution in [1.29, 1.82) is 0 Å². The summed E-state index contributed by atoms with van der Waals surface area (Å²) in [7, 11) is 0. The molecule has 1 aromatic rings. The third-order valence-corrected chi connectivity index (χ3v) is 2.20. The van der Waals surface area contributed by atoms with E-state index in [1.165, 1.54) is 19.2 Å². The summed E-state index contributed by atoms with van der Waals surface area (Å²) < 4.78 is 4.64. The average molecular weight is 183 g/mol. The Morgan fingerprint density at radius 3 is 3.00 bits per heavy atom. The highest BCUT2D eigenvalue weighted by Gasteiger charge is 2.29. The van der Waals surface area contributed by atoms with Crippen LogP contribution in [0, 0.1) is 0 Å². The van der Waals surface area contributed by atoms with Gasteiger partial charge in [-0.1, -0.05) is 5.16 Å². The van der Waals surface area contributed by atoms with Gasteiger partial charge in [0.2, 0.25) is 6.39 Å². The van der Waals surface area contributed by atoms with Crippen molar-refractivity contribution in [3.63, 3.8) is 0 Å². The molecule has 0 spiro atoms. The van der Waals surface area contributed by atoms with Crippen molar-refractivity contribution in [1.82, 2.24) is 15.0 Å². The summed E-state index contributed by atoms with van der Waals surface area (Å²) >= 11 is 0. The van der Waals surface area contributed by atoms with Crippen LogP contribution >= 0.6 is 0 Å². The minimum Gasteiger partial charge on any atom is -0.395 e. The highest BCUT2D eigenvalue weighted by molar-refractivity contribution is 4.88. The van der Waals surface area contributed by atoms with E-state index in [9.17, 15) is 0 Å². The fourth-order valence-corrected chi connectivity index (χ4v) is 1.40. The molecule has 0 unspecified atom stereocenters. The van der Waals surface area contributed by atoms with Gasteiger partial charge in [0.1, 0.15) is 0 Å². The van der Waals surface area contributed by atoms with Gasteiger partial charge >= 0.3 is 0 Å². The van der Waals surface area contributed by atoms with Crippen LogP contribution in [0.25, 0.3) is 0 Å². The van der Waals surface area contributed by atoms with Gasteiger partial charge in [-0.05, 0) is 12.8 Å². The van der Waals surface area contributed by atoms with Gasteiger partial charge < -0.3 is 9.63 Å². The van der Waals surface area contributed by atoms with Crippen LogP contribution in [0.5, 0.6) is 0 Å². The molecule has 0 bridgehead atoms. The summed E-state index contributed by atoms with van der Waals surface area (Å²) in [4.78, 5) is 6.13. The van der Waals surface area contributed by atoms with E-state index in [1.807, 2.05) is 0 Å². The molecule has 0 radical (unpaired) electrons. The summed E-state index contributed by atoms with van der Waals surface area (Å²) in [5.41, 5.74) is 0. The van der Waals surface area contributed by atoms with Gasteiger partial charge in [0.05, 0.1) is 13.2 Å². The molecule has 13 heavy (non-hydrogen) atoms. The van der Waals surface area contributed by atoms with E-state index in [1.54, 1.807) is 0 Å². The molecule has 1 aromatic heterocycles. The van der Waals surface area contributed by atoms with Crippen molar-refractivity contribution in [2.24, 2.45) is 0 Å². The van der Waals surface area contributed by atoms with Crippen molar-refractivity contribution >= 4 is 0 Å². The van der Waals surface area contributed by atoms with Gasteiger partial charge in [0, 0.05) is 12.6 Å². The molecule has 0 atom stereocenters. The van der Waals surface area contributed by atoms with E-state index in [0.29, 0.717) is 25.0 Å². The van der Waals surface area contributed by atoms with Crippen molar-refractivity contribution in [2.45, 2.75) is 25.4 Å². The van der Waals surface area contributed by atoms with Gasteiger partial charge in [0.25, 0.3) is 0 Å². The van der Waals surface area contributed by atoms with Crippen LogP contribution in [0.4, 0.5) is 0 Å². The molecule has 1 heterocycles. The quantitative estimate of drug-likeness (QED) is 0.697. The van der Waals surface area contributed by atoms with Crippen LogP contribution in [-0.2, 0) is 6.54 Å². The Morgan fingerprint density at radius 1 is 1.62 bits per heavy atom. The Balaban J connectivity index is 1.89. The number of aliphatic hydroxyl groups is 1. The zero-order chi connectivity index (χ0) is 9.10. The fourth-order valence-electron chi connectivity index (χ4n) is 1.40. The molecule has 1 fully saturated rings. The van der Waals surface area contributed by atoms with E-state index in [0.717, 1.165) is 0 Å². The van der Waals surface area contributed by atoms with Crippen LogP contribution in [0.15, 0.2) is 10.9 Å². The molecule has 1 aliphatic carbocycles. The van der Waals surface area contributed by atoms with Gasteiger partial charge in [-0.2, -0.15) is 4.98 Å². The Bertz CT molecular complexity index is 246. The molecular weight excluding hydrogens is 170 g/mol. The Hall–Kier alpha value is -0.940. The van der Waals surface area contributed by atoms with Crippen LogP contribution in [0.1, 0.15) is 18.7 Å². The molecule has 1 N–H and O–H groups in total. The van der Waals surface area contributed by atoms with Gasteiger partial charge in [-0.15, -0.1) is 0 Å². The largest absolute Gasteiger partial charge is 0.395 e. The molecule has 0 saturated heterocycles. The lowest BCUT2D eigenvalue weighted by Gasteiger charge is -2.18. The lowest BCUT2D eigenvalue weighted by atomic mass is 10.4. The third-order valence-electron chi connectivity index (χ3n) is 2.20. The maximum Gasteiger partial charge on any atom is 0.213 e. The lowest BCUT2D eigenvalue weighted by molar-refractivity contribution is 0.179. The van der Waals surface area contributed by atoms with E-state index >= 15 is 0 Å². The van der Waals surface area contributed by atoms with Crippen LogP contribution < -0.4 is 0 Å². The highest BCUT2D eigenvalue weighted by Crippen LogP contribution is 2.27. The molecule has 0 aromatic carbocycles. The predicted octanol–water partition coefficient (Wildman–Crippen LogP) is 0.0263. The van der Waals surface area contributed by atoms with Gasteiger partial charge in [-0.25, -0.2) is 0 Å². The summed E-state index contributed by atoms with van der Waals surface area (Å²) in [6.07, 6.45) is 3.77. The minimum atomic E-state index is 0.189. The Morgan fingerprint density at radius 2 is 2.46 bits per heavy atom. The number of aromatic nitrogens is 2. The van der Waals surface area contributed by atoms with E-state index < -0.39 is 0 Å². The number of rotatable bonds is 5. The number of hydrogen-bond donors (Lipinski definition) is 1. The van der Waals surface area contributed by atoms with Crippen molar-refractivity contribution in [2.75, 3.05) is 13.2 Å². The first-order chi connectivity index (χ1) is 6.40. The molecule has 72 valence electrons. The van der Waals surface area contributed by atoms with E-state index in [4.69, 9.17) is 5.11 Å². The number of aliphatic hydroxyl groups excluding tert-OH is 1. The van der Waals surface area contributed by atoms with E-state index in [-0.39, 0.29) is 6.61 Å². The van der Waals surface area contributed by atoms with E-state index in [2.05, 4.69) is 19.6 Å². The fraction of sp³-hybridized carbons (Fsp3) is 0.750. The highest BCUT2D eigenvalue weighted by atomic mass is 16.5. The molecule has 1 saturated carbocycles. The molecule has 2 rings (SSSR count). The lowest BCUT2D eigenvalue weighted by Crippen LogP contribution is -2.29. The monoisotopic (exact) mass is 183 g/mol. The second-order valence-electron chi connectivity index (χ2n) is 3.27.